The first-order valence-electron chi connectivity index (χ1n) is 10.6. The number of aliphatic hydroxyl groups is 1. The Morgan fingerprint density at radius 3 is 2.28 bits per heavy atom. The van der Waals surface area contributed by atoms with Crippen LogP contribution in [0.15, 0.2) is 24.3 Å². The van der Waals surface area contributed by atoms with Crippen molar-refractivity contribution in [2.24, 2.45) is 0 Å². The van der Waals surface area contributed by atoms with Crippen molar-refractivity contribution in [3.63, 3.8) is 0 Å². The van der Waals surface area contributed by atoms with Gasteiger partial charge in [0.1, 0.15) is 24.8 Å². The van der Waals surface area contributed by atoms with Crippen molar-refractivity contribution in [2.45, 2.75) is 51.3 Å². The van der Waals surface area contributed by atoms with Gasteiger partial charge in [-0.25, -0.2) is 9.97 Å². The molecule has 0 saturated carbocycles. The monoisotopic (exact) mass is 449 g/mol. The van der Waals surface area contributed by atoms with Crippen molar-refractivity contribution in [1.29, 1.82) is 0 Å². The lowest BCUT2D eigenvalue weighted by atomic mass is 9.87. The molecule has 0 aliphatic carbocycles. The van der Waals surface area contributed by atoms with E-state index in [1.807, 2.05) is 24.3 Å². The molecule has 1 aromatic heterocycles. The Labute approximate surface area is 184 Å². The van der Waals surface area contributed by atoms with Gasteiger partial charge in [0, 0.05) is 18.8 Å². The standard InChI is InChI=1S/C22H26F3N5O2/c1-21(2)17-18(26-13-22(23,24)25)27-16(12-31)28-19(17)30(20(21)32)15-8-6-14(7-9-15)29-10-4-3-5-11-29/h6-9,31H,3-5,10-13H2,1-2H3,(H,26,27,28). The van der Waals surface area contributed by atoms with Crippen molar-refractivity contribution >= 4 is 28.9 Å². The van der Waals surface area contributed by atoms with E-state index in [1.165, 1.54) is 11.3 Å². The van der Waals surface area contributed by atoms with Gasteiger partial charge in [0.2, 0.25) is 5.91 Å². The molecule has 172 valence electrons. The molecule has 7 nitrogen and oxygen atoms in total. The number of hydrogen-bond donors (Lipinski definition) is 2. The van der Waals surface area contributed by atoms with Crippen LogP contribution < -0.4 is 15.1 Å². The van der Waals surface area contributed by atoms with Crippen LogP contribution in [0, 0.1) is 0 Å². The maximum Gasteiger partial charge on any atom is 0.405 e. The van der Waals surface area contributed by atoms with Crippen LogP contribution in [0.2, 0.25) is 0 Å². The van der Waals surface area contributed by atoms with Crippen molar-refractivity contribution < 1.29 is 23.1 Å². The maximum absolute atomic E-state index is 13.4. The Morgan fingerprint density at radius 2 is 1.69 bits per heavy atom. The van der Waals surface area contributed by atoms with Gasteiger partial charge in [-0.2, -0.15) is 13.2 Å². The Morgan fingerprint density at radius 1 is 1.06 bits per heavy atom. The first kappa shape index (κ1) is 22.3. The molecule has 1 saturated heterocycles. The summed E-state index contributed by atoms with van der Waals surface area (Å²) in [6.45, 7) is 3.37. The van der Waals surface area contributed by atoms with Crippen LogP contribution in [-0.2, 0) is 16.8 Å². The van der Waals surface area contributed by atoms with E-state index in [9.17, 15) is 23.1 Å². The maximum atomic E-state index is 13.4. The van der Waals surface area contributed by atoms with Crippen molar-refractivity contribution in [3.05, 3.63) is 35.7 Å². The Kier molecular flexibility index (Phi) is 5.74. The minimum Gasteiger partial charge on any atom is -0.388 e. The largest absolute Gasteiger partial charge is 0.405 e. The molecule has 1 fully saturated rings. The SMILES string of the molecule is CC1(C)C(=O)N(c2ccc(N3CCCCC3)cc2)c2nc(CO)nc(NCC(F)(F)F)c21. The number of nitrogens with zero attached hydrogens (tertiary/aromatic N) is 4. The lowest BCUT2D eigenvalue weighted by Gasteiger charge is -2.29. The molecule has 2 aliphatic rings. The Bertz CT molecular complexity index is 1000. The molecule has 0 spiro atoms. The normalized spacial score (nSPS) is 18.1. The molecule has 2 aromatic rings. The molecule has 2 N–H and O–H groups in total. The van der Waals surface area contributed by atoms with Crippen LogP contribution >= 0.6 is 0 Å². The smallest absolute Gasteiger partial charge is 0.388 e. The lowest BCUT2D eigenvalue weighted by molar-refractivity contribution is -0.121. The predicted octanol–water partition coefficient (Wildman–Crippen LogP) is 3.89. The number of amides is 1. The van der Waals surface area contributed by atoms with E-state index < -0.39 is 24.7 Å². The van der Waals surface area contributed by atoms with Gasteiger partial charge in [-0.1, -0.05) is 0 Å². The predicted molar refractivity (Wildman–Crippen MR) is 115 cm³/mol. The number of benzene rings is 1. The number of anilines is 4. The molecule has 10 heteroatoms. The van der Waals surface area contributed by atoms with Gasteiger partial charge in [-0.15, -0.1) is 0 Å². The van der Waals surface area contributed by atoms with Gasteiger partial charge in [0.25, 0.3) is 0 Å². The third kappa shape index (κ3) is 4.11. The van der Waals surface area contributed by atoms with E-state index in [-0.39, 0.29) is 28.9 Å². The molecule has 0 radical (unpaired) electrons. The first-order chi connectivity index (χ1) is 15.1. The number of rotatable bonds is 5. The van der Waals surface area contributed by atoms with E-state index >= 15 is 0 Å². The van der Waals surface area contributed by atoms with Crippen molar-refractivity contribution in [1.82, 2.24) is 9.97 Å². The highest BCUT2D eigenvalue weighted by molar-refractivity contribution is 6.12. The summed E-state index contributed by atoms with van der Waals surface area (Å²) in [4.78, 5) is 25.4. The number of carbonyl (C=O) groups is 1. The van der Waals surface area contributed by atoms with Crippen LogP contribution in [0.3, 0.4) is 0 Å². The molecule has 4 rings (SSSR count). The highest BCUT2D eigenvalue weighted by Gasteiger charge is 2.48. The van der Waals surface area contributed by atoms with Gasteiger partial charge in [0.05, 0.1) is 16.7 Å². The highest BCUT2D eigenvalue weighted by atomic mass is 19.4. The van der Waals surface area contributed by atoms with Gasteiger partial charge in [0.15, 0.2) is 5.82 Å². The summed E-state index contributed by atoms with van der Waals surface area (Å²) in [5, 5.41) is 11.9. The molecule has 0 atom stereocenters. The fourth-order valence-electron chi connectivity index (χ4n) is 4.30. The van der Waals surface area contributed by atoms with Crippen LogP contribution in [0.4, 0.5) is 36.2 Å². The van der Waals surface area contributed by atoms with Crippen molar-refractivity contribution in [3.8, 4) is 0 Å². The van der Waals surface area contributed by atoms with E-state index in [0.717, 1.165) is 31.6 Å². The van der Waals surface area contributed by atoms with Gasteiger partial charge >= 0.3 is 6.18 Å². The number of fused-ring (bicyclic) bond motifs is 1. The van der Waals surface area contributed by atoms with E-state index in [0.29, 0.717) is 5.69 Å². The lowest BCUT2D eigenvalue weighted by Crippen LogP contribution is -2.34. The second kappa shape index (κ2) is 8.23. The second-order valence-electron chi connectivity index (χ2n) is 8.64. The molecule has 3 heterocycles. The second-order valence-corrected chi connectivity index (χ2v) is 8.64. The van der Waals surface area contributed by atoms with E-state index in [4.69, 9.17) is 0 Å². The molecule has 0 unspecified atom stereocenters. The minimum atomic E-state index is -4.46. The fraction of sp³-hybridized carbons (Fsp3) is 0.500. The summed E-state index contributed by atoms with van der Waals surface area (Å²) in [5.74, 6) is -0.289. The third-order valence-corrected chi connectivity index (χ3v) is 5.94. The zero-order valence-electron chi connectivity index (χ0n) is 18.0. The van der Waals surface area contributed by atoms with Crippen LogP contribution in [0.1, 0.15) is 44.5 Å². The highest BCUT2D eigenvalue weighted by Crippen LogP contribution is 2.47. The van der Waals surface area contributed by atoms with Crippen LogP contribution in [0.25, 0.3) is 0 Å². The minimum absolute atomic E-state index is 0.0612. The Balaban J connectivity index is 1.73. The summed E-state index contributed by atoms with van der Waals surface area (Å²) in [6, 6.07) is 7.51. The third-order valence-electron chi connectivity index (χ3n) is 5.94. The fourth-order valence-corrected chi connectivity index (χ4v) is 4.30. The summed E-state index contributed by atoms with van der Waals surface area (Å²) in [5.41, 5.74) is 0.754. The number of piperidine rings is 1. The zero-order chi connectivity index (χ0) is 23.1. The molecule has 0 bridgehead atoms. The summed E-state index contributed by atoms with van der Waals surface area (Å²) >= 11 is 0. The number of halogens is 3. The summed E-state index contributed by atoms with van der Waals surface area (Å²) < 4.78 is 38.5. The van der Waals surface area contributed by atoms with Gasteiger partial charge in [-0.05, 0) is 57.4 Å². The van der Waals surface area contributed by atoms with Crippen LogP contribution in [-0.4, -0.2) is 46.8 Å². The Hall–Kier alpha value is -2.88. The molecular weight excluding hydrogens is 423 g/mol. The average Bonchev–Trinajstić information content (AvgIpc) is 2.97. The summed E-state index contributed by atoms with van der Waals surface area (Å²) in [7, 11) is 0. The quantitative estimate of drug-likeness (QED) is 0.721. The van der Waals surface area contributed by atoms with Crippen molar-refractivity contribution in [2.75, 3.05) is 34.8 Å². The number of aliphatic hydroxyl groups excluding tert-OH is 1. The number of hydrogen-bond acceptors (Lipinski definition) is 6. The summed E-state index contributed by atoms with van der Waals surface area (Å²) in [6.07, 6.45) is -0.959. The van der Waals surface area contributed by atoms with E-state index in [2.05, 4.69) is 20.2 Å². The number of alkyl halides is 3. The molecule has 32 heavy (non-hydrogen) atoms. The van der Waals surface area contributed by atoms with Gasteiger partial charge < -0.3 is 15.3 Å². The average molecular weight is 449 g/mol. The molecular formula is C22H26F3N5O2. The number of nitrogens with one attached hydrogen (secondary N) is 1. The molecule has 2 aliphatic heterocycles. The van der Waals surface area contributed by atoms with Gasteiger partial charge in [-0.3, -0.25) is 9.69 Å². The molecule has 1 aromatic carbocycles. The number of carbonyl (C=O) groups excluding carboxylic acids is 1. The van der Waals surface area contributed by atoms with E-state index in [1.54, 1.807) is 13.8 Å². The molecule has 1 amide bonds. The first-order valence-corrected chi connectivity index (χ1v) is 10.6. The zero-order valence-corrected chi connectivity index (χ0v) is 18.0. The topological polar surface area (TPSA) is 81.6 Å². The van der Waals surface area contributed by atoms with Crippen LogP contribution in [0.5, 0.6) is 0 Å². The number of aromatic nitrogens is 2.